The fraction of sp³-hybridized carbons (Fsp3) is 0.207. The Hall–Kier alpha value is -4.63. The molecule has 4 aromatic heterocycles. The number of hydrogen-bond donors (Lipinski definition) is 1. The van der Waals surface area contributed by atoms with Gasteiger partial charge < -0.3 is 10.6 Å². The van der Waals surface area contributed by atoms with Crippen molar-refractivity contribution in [2.75, 3.05) is 25.0 Å². The first-order valence-corrected chi connectivity index (χ1v) is 12.7. The Morgan fingerprint density at radius 3 is 2.50 bits per heavy atom. The Morgan fingerprint density at radius 1 is 0.921 bits per heavy atom. The average molecular weight is 503 g/mol. The van der Waals surface area contributed by atoms with E-state index >= 15 is 0 Å². The highest BCUT2D eigenvalue weighted by molar-refractivity contribution is 5.97. The number of carbonyl (C=O) groups is 1. The van der Waals surface area contributed by atoms with Gasteiger partial charge in [0.15, 0.2) is 5.65 Å². The zero-order valence-electron chi connectivity index (χ0n) is 20.9. The lowest BCUT2D eigenvalue weighted by Gasteiger charge is -2.32. The zero-order chi connectivity index (χ0) is 25.8. The number of likely N-dealkylation sites (tertiary alicyclic amines) is 1. The van der Waals surface area contributed by atoms with E-state index in [1.54, 1.807) is 30.7 Å². The van der Waals surface area contributed by atoms with Crippen LogP contribution in [0.25, 0.3) is 39.3 Å². The van der Waals surface area contributed by atoms with Crippen LogP contribution in [0.15, 0.2) is 79.4 Å². The van der Waals surface area contributed by atoms with Gasteiger partial charge in [-0.25, -0.2) is 14.5 Å². The van der Waals surface area contributed by atoms with Crippen LogP contribution in [0.2, 0.25) is 0 Å². The average Bonchev–Trinajstić information content (AvgIpc) is 3.66. The highest BCUT2D eigenvalue weighted by atomic mass is 16.1. The van der Waals surface area contributed by atoms with Gasteiger partial charge in [0.25, 0.3) is 0 Å². The third kappa shape index (κ3) is 3.62. The van der Waals surface area contributed by atoms with Gasteiger partial charge in [0, 0.05) is 66.7 Å². The first kappa shape index (κ1) is 22.6. The van der Waals surface area contributed by atoms with Gasteiger partial charge in [0.05, 0.1) is 11.3 Å². The van der Waals surface area contributed by atoms with E-state index in [4.69, 9.17) is 20.8 Å². The molecule has 1 amide bonds. The number of nitrogens with zero attached hydrogens (tertiary/aromatic N) is 7. The van der Waals surface area contributed by atoms with E-state index in [0.29, 0.717) is 23.3 Å². The summed E-state index contributed by atoms with van der Waals surface area (Å²) in [5, 5.41) is 5.02. The number of carbonyl (C=O) groups excluding carboxylic acids is 1. The molecule has 2 bridgehead atoms. The number of fused-ring (bicyclic) bond motifs is 3. The van der Waals surface area contributed by atoms with Crippen molar-refractivity contribution < 1.29 is 4.79 Å². The van der Waals surface area contributed by atoms with E-state index in [9.17, 15) is 4.79 Å². The molecular weight excluding hydrogens is 476 g/mol. The first-order chi connectivity index (χ1) is 18.6. The van der Waals surface area contributed by atoms with E-state index in [1.165, 1.54) is 6.42 Å². The monoisotopic (exact) mass is 502 g/mol. The number of rotatable bonds is 5. The van der Waals surface area contributed by atoms with Crippen LogP contribution in [0.4, 0.5) is 5.82 Å². The van der Waals surface area contributed by atoms with Gasteiger partial charge in [-0.1, -0.05) is 12.1 Å². The molecule has 9 heteroatoms. The molecule has 7 rings (SSSR count). The number of nitrogens with two attached hydrogens (primary N) is 1. The molecule has 2 aliphatic rings. The van der Waals surface area contributed by atoms with Crippen molar-refractivity contribution in [3.63, 3.8) is 0 Å². The fourth-order valence-corrected chi connectivity index (χ4v) is 5.82. The number of pyridine rings is 2. The van der Waals surface area contributed by atoms with E-state index in [0.717, 1.165) is 52.5 Å². The second kappa shape index (κ2) is 8.74. The second-order valence-electron chi connectivity index (χ2n) is 10.0. The van der Waals surface area contributed by atoms with Crippen LogP contribution in [0.5, 0.6) is 0 Å². The number of amides is 1. The molecular formula is C29H26N8O. The molecule has 2 unspecified atom stereocenters. The number of primary amides is 1. The predicted molar refractivity (Wildman–Crippen MR) is 146 cm³/mol. The fourth-order valence-electron chi connectivity index (χ4n) is 5.82. The van der Waals surface area contributed by atoms with Crippen molar-refractivity contribution >= 4 is 17.4 Å². The lowest BCUT2D eigenvalue weighted by atomic mass is 10.00. The van der Waals surface area contributed by atoms with Gasteiger partial charge >= 0.3 is 0 Å². The molecule has 0 spiro atoms. The number of anilines is 1. The topological polar surface area (TPSA) is 106 Å². The number of benzene rings is 1. The molecule has 9 nitrogen and oxygen atoms in total. The molecule has 5 aromatic rings. The van der Waals surface area contributed by atoms with Crippen LogP contribution in [-0.4, -0.2) is 67.6 Å². The lowest BCUT2D eigenvalue weighted by molar-refractivity contribution is 0.100. The molecule has 2 saturated heterocycles. The van der Waals surface area contributed by atoms with E-state index < -0.39 is 5.91 Å². The van der Waals surface area contributed by atoms with Crippen molar-refractivity contribution in [2.24, 2.45) is 5.73 Å². The van der Waals surface area contributed by atoms with Crippen LogP contribution in [-0.2, 0) is 0 Å². The van der Waals surface area contributed by atoms with Crippen molar-refractivity contribution in [2.45, 2.75) is 18.5 Å². The molecule has 2 N–H and O–H groups in total. The largest absolute Gasteiger partial charge is 0.366 e. The third-order valence-corrected chi connectivity index (χ3v) is 7.76. The number of hydrogen-bond acceptors (Lipinski definition) is 7. The minimum Gasteiger partial charge on any atom is -0.366 e. The van der Waals surface area contributed by atoms with Crippen molar-refractivity contribution in [1.82, 2.24) is 29.5 Å². The Morgan fingerprint density at radius 2 is 1.79 bits per heavy atom. The number of aromatic nitrogens is 5. The smallest absolute Gasteiger partial charge is 0.248 e. The molecule has 6 heterocycles. The van der Waals surface area contributed by atoms with Crippen LogP contribution >= 0.6 is 0 Å². The lowest BCUT2D eigenvalue weighted by Crippen LogP contribution is -2.44. The second-order valence-corrected chi connectivity index (χ2v) is 10.0. The summed E-state index contributed by atoms with van der Waals surface area (Å²) in [6, 6.07) is 18.4. The summed E-state index contributed by atoms with van der Waals surface area (Å²) in [5.74, 6) is 0.535. The number of piperazine rings is 1. The van der Waals surface area contributed by atoms with Gasteiger partial charge in [-0.2, -0.15) is 5.10 Å². The minimum atomic E-state index is -0.480. The molecule has 1 aromatic carbocycles. The summed E-state index contributed by atoms with van der Waals surface area (Å²) in [6.07, 6.45) is 8.38. The zero-order valence-corrected chi connectivity index (χ0v) is 20.9. The van der Waals surface area contributed by atoms with Crippen LogP contribution in [0.1, 0.15) is 16.8 Å². The van der Waals surface area contributed by atoms with E-state index in [2.05, 4.69) is 34.0 Å². The molecule has 2 aliphatic heterocycles. The normalized spacial score (nSPS) is 18.9. The molecule has 2 atom stereocenters. The highest BCUT2D eigenvalue weighted by Crippen LogP contribution is 2.37. The molecule has 188 valence electrons. The predicted octanol–water partition coefficient (Wildman–Crippen LogP) is 3.51. The van der Waals surface area contributed by atoms with Gasteiger partial charge in [0.1, 0.15) is 11.5 Å². The summed E-state index contributed by atoms with van der Waals surface area (Å²) in [6.45, 7) is 2.11. The van der Waals surface area contributed by atoms with Crippen LogP contribution < -0.4 is 10.6 Å². The van der Waals surface area contributed by atoms with Gasteiger partial charge in [-0.05, 0) is 61.5 Å². The van der Waals surface area contributed by atoms with E-state index in [1.807, 2.05) is 41.0 Å². The Balaban J connectivity index is 1.35. The number of likely N-dealkylation sites (N-methyl/N-ethyl adjacent to an activating group) is 1. The minimum absolute atomic E-state index is 0.431. The molecule has 0 radical (unpaired) electrons. The molecule has 2 fully saturated rings. The molecule has 0 saturated carbocycles. The third-order valence-electron chi connectivity index (χ3n) is 7.76. The highest BCUT2D eigenvalue weighted by Gasteiger charge is 2.41. The van der Waals surface area contributed by atoms with Crippen molar-refractivity contribution in [1.29, 1.82) is 0 Å². The standard InChI is InChI=1S/C29H26N8O/c1-35-16-23-14-22(35)17-36(23)25-6-5-21(15-33-25)24-9-12-32-29-26(19-3-2-4-20(13-19)28(30)38)27(34-37(24)29)18-7-10-31-11-8-18/h2-13,15,22-23H,14,16-17H2,1H3,(H2,30,38). The first-order valence-electron chi connectivity index (χ1n) is 12.7. The summed E-state index contributed by atoms with van der Waals surface area (Å²) in [4.78, 5) is 30.5. The van der Waals surface area contributed by atoms with Crippen molar-refractivity contribution in [3.8, 4) is 33.6 Å². The maximum absolute atomic E-state index is 11.9. The van der Waals surface area contributed by atoms with Gasteiger partial charge in [-0.3, -0.25) is 14.7 Å². The quantitative estimate of drug-likeness (QED) is 0.392. The maximum Gasteiger partial charge on any atom is 0.248 e. The SMILES string of the molecule is CN1CC2CC1CN2c1ccc(-c2ccnc3c(-c4cccc(C(N)=O)c4)c(-c4ccncc4)nn23)cn1. The van der Waals surface area contributed by atoms with Crippen LogP contribution in [0.3, 0.4) is 0 Å². The molecule has 38 heavy (non-hydrogen) atoms. The van der Waals surface area contributed by atoms with Crippen LogP contribution in [0, 0.1) is 0 Å². The summed E-state index contributed by atoms with van der Waals surface area (Å²) < 4.78 is 1.85. The van der Waals surface area contributed by atoms with E-state index in [-0.39, 0.29) is 0 Å². The van der Waals surface area contributed by atoms with Gasteiger partial charge in [-0.15, -0.1) is 0 Å². The maximum atomic E-state index is 11.9. The summed E-state index contributed by atoms with van der Waals surface area (Å²) >= 11 is 0. The Bertz CT molecular complexity index is 1660. The Kier molecular flexibility index (Phi) is 5.19. The van der Waals surface area contributed by atoms with Crippen molar-refractivity contribution in [3.05, 3.63) is 84.9 Å². The Labute approximate surface area is 219 Å². The summed E-state index contributed by atoms with van der Waals surface area (Å²) in [7, 11) is 2.20. The molecule has 0 aliphatic carbocycles. The summed E-state index contributed by atoms with van der Waals surface area (Å²) in [5.41, 5.74) is 11.8. The van der Waals surface area contributed by atoms with Gasteiger partial charge in [0.2, 0.25) is 5.91 Å².